The van der Waals surface area contributed by atoms with Gasteiger partial charge in [-0.15, -0.1) is 0 Å². The van der Waals surface area contributed by atoms with Crippen molar-refractivity contribution in [2.45, 2.75) is 20.3 Å². The molecular weight excluding hydrogens is 205 g/mol. The highest BCUT2D eigenvalue weighted by molar-refractivity contribution is 5.34. The average Bonchev–Trinajstić information content (AvgIpc) is 2.25. The second kappa shape index (κ2) is 5.50. The van der Waals surface area contributed by atoms with Gasteiger partial charge in [0.25, 0.3) is 0 Å². The van der Waals surface area contributed by atoms with Gasteiger partial charge in [0, 0.05) is 0 Å². The Morgan fingerprint density at radius 2 is 2.12 bits per heavy atom. The van der Waals surface area contributed by atoms with E-state index in [2.05, 4.69) is 6.07 Å². The van der Waals surface area contributed by atoms with Gasteiger partial charge in [-0.3, -0.25) is 0 Å². The third-order valence-electron chi connectivity index (χ3n) is 2.65. The van der Waals surface area contributed by atoms with Crippen LogP contribution < -0.4 is 4.74 Å². The van der Waals surface area contributed by atoms with Crippen LogP contribution in [0.4, 0.5) is 4.39 Å². The molecule has 2 nitrogen and oxygen atoms in total. The number of benzene rings is 1. The number of rotatable bonds is 4. The molecule has 0 saturated carbocycles. The Balaban J connectivity index is 2.95. The summed E-state index contributed by atoms with van der Waals surface area (Å²) in [7, 11) is 1.55. The maximum atomic E-state index is 13.1. The Morgan fingerprint density at radius 3 is 2.62 bits per heavy atom. The molecule has 0 radical (unpaired) electrons. The smallest absolute Gasteiger partial charge is 0.123 e. The van der Waals surface area contributed by atoms with E-state index < -0.39 is 0 Å². The zero-order valence-corrected chi connectivity index (χ0v) is 9.83. The lowest BCUT2D eigenvalue weighted by Gasteiger charge is -2.15. The summed E-state index contributed by atoms with van der Waals surface area (Å²) in [6.07, 6.45) is 0.523. The maximum absolute atomic E-state index is 13.1. The largest absolute Gasteiger partial charge is 0.496 e. The molecule has 0 aliphatic rings. The summed E-state index contributed by atoms with van der Waals surface area (Å²) in [6.45, 7) is 3.97. The molecule has 0 heterocycles. The first kappa shape index (κ1) is 12.5. The van der Waals surface area contributed by atoms with Crippen LogP contribution in [0.1, 0.15) is 19.4 Å². The zero-order chi connectivity index (χ0) is 12.1. The Labute approximate surface area is 95.7 Å². The summed E-state index contributed by atoms with van der Waals surface area (Å²) in [5.41, 5.74) is 0.753. The molecule has 0 saturated heterocycles. The van der Waals surface area contributed by atoms with Gasteiger partial charge in [-0.2, -0.15) is 5.26 Å². The molecule has 1 unspecified atom stereocenters. The number of hydrogen-bond acceptors (Lipinski definition) is 2. The Hall–Kier alpha value is -1.56. The van der Waals surface area contributed by atoms with E-state index in [1.54, 1.807) is 13.2 Å². The van der Waals surface area contributed by atoms with Crippen LogP contribution in [-0.4, -0.2) is 7.11 Å². The lowest BCUT2D eigenvalue weighted by atomic mass is 9.90. The van der Waals surface area contributed by atoms with Gasteiger partial charge in [0.15, 0.2) is 0 Å². The second-order valence-corrected chi connectivity index (χ2v) is 4.14. The third kappa shape index (κ3) is 2.96. The topological polar surface area (TPSA) is 33.0 Å². The number of methoxy groups -OCH3 is 1. The molecule has 0 aromatic heterocycles. The lowest BCUT2D eigenvalue weighted by molar-refractivity contribution is 0.399. The van der Waals surface area contributed by atoms with Crippen LogP contribution in [0.25, 0.3) is 0 Å². The van der Waals surface area contributed by atoms with Gasteiger partial charge in [0.2, 0.25) is 0 Å². The number of nitrogens with zero attached hydrogens (tertiary/aromatic N) is 1. The monoisotopic (exact) mass is 221 g/mol. The van der Waals surface area contributed by atoms with Crippen LogP contribution in [-0.2, 0) is 6.42 Å². The minimum Gasteiger partial charge on any atom is -0.496 e. The van der Waals surface area contributed by atoms with Crippen LogP contribution in [0.15, 0.2) is 18.2 Å². The van der Waals surface area contributed by atoms with Crippen molar-refractivity contribution < 1.29 is 9.13 Å². The standard InChI is InChI=1S/C13H16FNO/c1-9(2)11(8-15)6-10-7-12(14)4-5-13(10)16-3/h4-5,7,9,11H,6H2,1-3H3. The highest BCUT2D eigenvalue weighted by Crippen LogP contribution is 2.25. The summed E-state index contributed by atoms with van der Waals surface area (Å²) in [4.78, 5) is 0. The second-order valence-electron chi connectivity index (χ2n) is 4.14. The molecule has 1 rings (SSSR count). The minimum absolute atomic E-state index is 0.115. The van der Waals surface area contributed by atoms with Crippen LogP contribution in [0.5, 0.6) is 5.75 Å². The van der Waals surface area contributed by atoms with Gasteiger partial charge >= 0.3 is 0 Å². The van der Waals surface area contributed by atoms with Crippen molar-refractivity contribution in [2.75, 3.05) is 7.11 Å². The summed E-state index contributed by atoms with van der Waals surface area (Å²) in [6, 6.07) is 6.64. The van der Waals surface area contributed by atoms with Crippen molar-refractivity contribution in [2.24, 2.45) is 11.8 Å². The third-order valence-corrected chi connectivity index (χ3v) is 2.65. The normalized spacial score (nSPS) is 12.2. The van der Waals surface area contributed by atoms with E-state index in [1.165, 1.54) is 12.1 Å². The molecule has 16 heavy (non-hydrogen) atoms. The highest BCUT2D eigenvalue weighted by atomic mass is 19.1. The predicted octanol–water partition coefficient (Wildman–Crippen LogP) is 3.17. The SMILES string of the molecule is COc1ccc(F)cc1CC(C#N)C(C)C. The van der Waals surface area contributed by atoms with Crippen molar-refractivity contribution in [3.63, 3.8) is 0 Å². The minimum atomic E-state index is -0.295. The van der Waals surface area contributed by atoms with Gasteiger partial charge < -0.3 is 4.74 Å². The molecule has 1 aromatic carbocycles. The molecular formula is C13H16FNO. The Morgan fingerprint density at radius 1 is 1.44 bits per heavy atom. The van der Waals surface area contributed by atoms with Gasteiger partial charge in [0.1, 0.15) is 11.6 Å². The summed E-state index contributed by atoms with van der Waals surface area (Å²) in [5, 5.41) is 9.01. The van der Waals surface area contributed by atoms with Crippen LogP contribution in [0, 0.1) is 29.0 Å². The molecule has 0 bridgehead atoms. The molecule has 3 heteroatoms. The first-order chi connectivity index (χ1) is 7.58. The Bertz CT molecular complexity index is 395. The molecule has 86 valence electrons. The molecule has 1 atom stereocenters. The first-order valence-electron chi connectivity index (χ1n) is 5.30. The number of hydrogen-bond donors (Lipinski definition) is 0. The summed E-state index contributed by atoms with van der Waals surface area (Å²) >= 11 is 0. The van der Waals surface area contributed by atoms with Crippen LogP contribution in [0.3, 0.4) is 0 Å². The predicted molar refractivity (Wildman–Crippen MR) is 60.6 cm³/mol. The van der Waals surface area contributed by atoms with Gasteiger partial charge in [-0.25, -0.2) is 4.39 Å². The molecule has 0 N–H and O–H groups in total. The first-order valence-corrected chi connectivity index (χ1v) is 5.30. The van der Waals surface area contributed by atoms with Crippen LogP contribution in [0.2, 0.25) is 0 Å². The van der Waals surface area contributed by atoms with Crippen molar-refractivity contribution in [1.82, 2.24) is 0 Å². The number of halogens is 1. The molecule has 1 aromatic rings. The zero-order valence-electron chi connectivity index (χ0n) is 9.83. The summed E-state index contributed by atoms with van der Waals surface area (Å²) < 4.78 is 18.2. The van der Waals surface area contributed by atoms with E-state index in [0.717, 1.165) is 5.56 Å². The van der Waals surface area contributed by atoms with Crippen molar-refractivity contribution in [3.05, 3.63) is 29.6 Å². The van der Waals surface area contributed by atoms with E-state index in [1.807, 2.05) is 13.8 Å². The fourth-order valence-corrected chi connectivity index (χ4v) is 1.57. The fraction of sp³-hybridized carbons (Fsp3) is 0.462. The van der Waals surface area contributed by atoms with E-state index in [9.17, 15) is 4.39 Å². The number of nitriles is 1. The van der Waals surface area contributed by atoms with E-state index in [-0.39, 0.29) is 17.7 Å². The average molecular weight is 221 g/mol. The fourth-order valence-electron chi connectivity index (χ4n) is 1.57. The van der Waals surface area contributed by atoms with Crippen molar-refractivity contribution in [3.8, 4) is 11.8 Å². The van der Waals surface area contributed by atoms with Crippen molar-refractivity contribution in [1.29, 1.82) is 5.26 Å². The molecule has 0 amide bonds. The summed E-state index contributed by atoms with van der Waals surface area (Å²) in [5.74, 6) is 0.479. The quantitative estimate of drug-likeness (QED) is 0.782. The molecule has 0 fully saturated rings. The van der Waals surface area contributed by atoms with Gasteiger partial charge in [-0.1, -0.05) is 13.8 Å². The van der Waals surface area contributed by atoms with Gasteiger partial charge in [0.05, 0.1) is 19.1 Å². The lowest BCUT2D eigenvalue weighted by Crippen LogP contribution is -2.10. The molecule has 0 aliphatic heterocycles. The Kier molecular flexibility index (Phi) is 4.30. The maximum Gasteiger partial charge on any atom is 0.123 e. The van der Waals surface area contributed by atoms with Crippen molar-refractivity contribution >= 4 is 0 Å². The van der Waals surface area contributed by atoms with E-state index in [0.29, 0.717) is 12.2 Å². The van der Waals surface area contributed by atoms with Crippen LogP contribution >= 0.6 is 0 Å². The van der Waals surface area contributed by atoms with E-state index in [4.69, 9.17) is 10.00 Å². The molecule has 0 spiro atoms. The molecule has 0 aliphatic carbocycles. The number of ether oxygens (including phenoxy) is 1. The highest BCUT2D eigenvalue weighted by Gasteiger charge is 2.16. The van der Waals surface area contributed by atoms with E-state index >= 15 is 0 Å². The van der Waals surface area contributed by atoms with Gasteiger partial charge in [-0.05, 0) is 36.1 Å².